The van der Waals surface area contributed by atoms with Crippen LogP contribution >= 0.6 is 0 Å². The molecular formula is C13H10FN3O. The number of methoxy groups -OCH3 is 1. The fraction of sp³-hybridized carbons (Fsp3) is 0.0769. The molecule has 18 heavy (non-hydrogen) atoms. The van der Waals surface area contributed by atoms with E-state index in [4.69, 9.17) is 10.00 Å². The summed E-state index contributed by atoms with van der Waals surface area (Å²) in [6.07, 6.45) is 1.53. The van der Waals surface area contributed by atoms with Gasteiger partial charge < -0.3 is 10.1 Å². The van der Waals surface area contributed by atoms with Crippen LogP contribution in [0.1, 0.15) is 5.56 Å². The number of aromatic nitrogens is 1. The summed E-state index contributed by atoms with van der Waals surface area (Å²) in [5, 5.41) is 11.7. The Morgan fingerprint density at radius 3 is 2.94 bits per heavy atom. The van der Waals surface area contributed by atoms with E-state index in [1.54, 1.807) is 12.1 Å². The average molecular weight is 243 g/mol. The molecule has 0 fully saturated rings. The van der Waals surface area contributed by atoms with Crippen LogP contribution in [0.15, 0.2) is 36.5 Å². The highest BCUT2D eigenvalue weighted by molar-refractivity contribution is 5.64. The Morgan fingerprint density at radius 1 is 1.39 bits per heavy atom. The fourth-order valence-electron chi connectivity index (χ4n) is 1.45. The number of nitrogens with zero attached hydrogens (tertiary/aromatic N) is 2. The van der Waals surface area contributed by atoms with Gasteiger partial charge in [-0.15, -0.1) is 0 Å². The van der Waals surface area contributed by atoms with Gasteiger partial charge in [-0.3, -0.25) is 0 Å². The number of rotatable bonds is 3. The lowest BCUT2D eigenvalue weighted by atomic mass is 10.2. The SMILES string of the molecule is COc1ccc(F)c(Nc2ncccc2C#N)c1. The number of pyridine rings is 1. The van der Waals surface area contributed by atoms with Crippen LogP contribution in [0.4, 0.5) is 15.9 Å². The summed E-state index contributed by atoms with van der Waals surface area (Å²) in [4.78, 5) is 4.00. The molecule has 1 N–H and O–H groups in total. The fourth-order valence-corrected chi connectivity index (χ4v) is 1.45. The van der Waals surface area contributed by atoms with Crippen molar-refractivity contribution >= 4 is 11.5 Å². The molecule has 5 heteroatoms. The third-order valence-electron chi connectivity index (χ3n) is 2.35. The predicted molar refractivity (Wildman–Crippen MR) is 65.2 cm³/mol. The van der Waals surface area contributed by atoms with E-state index in [0.717, 1.165) is 0 Å². The van der Waals surface area contributed by atoms with Gasteiger partial charge in [0.25, 0.3) is 0 Å². The third kappa shape index (κ3) is 2.38. The highest BCUT2D eigenvalue weighted by Crippen LogP contribution is 2.25. The van der Waals surface area contributed by atoms with Crippen LogP contribution in [0.25, 0.3) is 0 Å². The van der Waals surface area contributed by atoms with Crippen molar-refractivity contribution in [2.24, 2.45) is 0 Å². The van der Waals surface area contributed by atoms with Crippen molar-refractivity contribution < 1.29 is 9.13 Å². The minimum atomic E-state index is -0.439. The molecule has 4 nitrogen and oxygen atoms in total. The van der Waals surface area contributed by atoms with E-state index < -0.39 is 5.82 Å². The molecule has 2 aromatic rings. The van der Waals surface area contributed by atoms with Crippen LogP contribution < -0.4 is 10.1 Å². The molecule has 0 atom stereocenters. The van der Waals surface area contributed by atoms with Gasteiger partial charge >= 0.3 is 0 Å². The van der Waals surface area contributed by atoms with Crippen LogP contribution in [0.3, 0.4) is 0 Å². The summed E-state index contributed by atoms with van der Waals surface area (Å²) in [7, 11) is 1.50. The van der Waals surface area contributed by atoms with Crippen molar-refractivity contribution in [3.63, 3.8) is 0 Å². The number of ether oxygens (including phenoxy) is 1. The van der Waals surface area contributed by atoms with Gasteiger partial charge in [0.1, 0.15) is 23.5 Å². The van der Waals surface area contributed by atoms with E-state index in [9.17, 15) is 4.39 Å². The lowest BCUT2D eigenvalue weighted by Gasteiger charge is -2.09. The summed E-state index contributed by atoms with van der Waals surface area (Å²) >= 11 is 0. The number of hydrogen-bond donors (Lipinski definition) is 1. The highest BCUT2D eigenvalue weighted by Gasteiger charge is 2.08. The largest absolute Gasteiger partial charge is 0.497 e. The molecule has 2 rings (SSSR count). The van der Waals surface area contributed by atoms with Crippen molar-refractivity contribution in [1.29, 1.82) is 5.26 Å². The highest BCUT2D eigenvalue weighted by atomic mass is 19.1. The Balaban J connectivity index is 2.37. The van der Waals surface area contributed by atoms with Gasteiger partial charge in [0.2, 0.25) is 0 Å². The summed E-state index contributed by atoms with van der Waals surface area (Å²) in [5.74, 6) is 0.394. The van der Waals surface area contributed by atoms with Gasteiger partial charge in [0.05, 0.1) is 18.4 Å². The Labute approximate surface area is 104 Å². The first-order valence-electron chi connectivity index (χ1n) is 5.20. The van der Waals surface area contributed by atoms with Crippen molar-refractivity contribution in [1.82, 2.24) is 4.98 Å². The summed E-state index contributed by atoms with van der Waals surface area (Å²) in [6, 6.07) is 9.55. The first-order valence-corrected chi connectivity index (χ1v) is 5.20. The first kappa shape index (κ1) is 11.9. The molecular weight excluding hydrogens is 233 g/mol. The normalized spacial score (nSPS) is 9.61. The van der Waals surface area contributed by atoms with Crippen molar-refractivity contribution in [2.75, 3.05) is 12.4 Å². The molecule has 1 aromatic carbocycles. The van der Waals surface area contributed by atoms with Gasteiger partial charge in [-0.05, 0) is 24.3 Å². The number of nitrogens with one attached hydrogen (secondary N) is 1. The maximum atomic E-state index is 13.6. The zero-order valence-corrected chi connectivity index (χ0v) is 9.64. The molecule has 0 bridgehead atoms. The molecule has 0 radical (unpaired) electrons. The minimum absolute atomic E-state index is 0.213. The van der Waals surface area contributed by atoms with Crippen LogP contribution in [0, 0.1) is 17.1 Å². The Hall–Kier alpha value is -2.61. The molecule has 0 aliphatic rings. The van der Waals surface area contributed by atoms with Gasteiger partial charge in [0, 0.05) is 12.3 Å². The summed E-state index contributed by atoms with van der Waals surface area (Å²) in [6.45, 7) is 0. The van der Waals surface area contributed by atoms with E-state index in [2.05, 4.69) is 10.3 Å². The molecule has 90 valence electrons. The molecule has 0 saturated heterocycles. The van der Waals surface area contributed by atoms with Crippen LogP contribution in [0.5, 0.6) is 5.75 Å². The van der Waals surface area contributed by atoms with Gasteiger partial charge in [-0.1, -0.05) is 0 Å². The number of hydrogen-bond acceptors (Lipinski definition) is 4. The monoisotopic (exact) mass is 243 g/mol. The average Bonchev–Trinajstić information content (AvgIpc) is 2.42. The standard InChI is InChI=1S/C13H10FN3O/c1-18-10-4-5-11(14)12(7-10)17-13-9(8-15)3-2-6-16-13/h2-7H,1H3,(H,16,17). The van der Waals surface area contributed by atoms with Crippen molar-refractivity contribution in [3.05, 3.63) is 47.9 Å². The molecule has 0 spiro atoms. The maximum absolute atomic E-state index is 13.6. The van der Waals surface area contributed by atoms with Crippen LogP contribution in [-0.2, 0) is 0 Å². The van der Waals surface area contributed by atoms with Gasteiger partial charge in [-0.25, -0.2) is 9.37 Å². The molecule has 0 saturated carbocycles. The summed E-state index contributed by atoms with van der Waals surface area (Å²) < 4.78 is 18.6. The van der Waals surface area contributed by atoms with E-state index >= 15 is 0 Å². The molecule has 0 amide bonds. The van der Waals surface area contributed by atoms with Crippen molar-refractivity contribution in [2.45, 2.75) is 0 Å². The second-order valence-electron chi connectivity index (χ2n) is 3.48. The third-order valence-corrected chi connectivity index (χ3v) is 2.35. The summed E-state index contributed by atoms with van der Waals surface area (Å²) in [5.41, 5.74) is 0.560. The molecule has 0 unspecified atom stereocenters. The number of anilines is 2. The lowest BCUT2D eigenvalue weighted by Crippen LogP contribution is -1.99. The Bertz CT molecular complexity index is 607. The second-order valence-corrected chi connectivity index (χ2v) is 3.48. The zero-order chi connectivity index (χ0) is 13.0. The van der Waals surface area contributed by atoms with Gasteiger partial charge in [0.15, 0.2) is 0 Å². The maximum Gasteiger partial charge on any atom is 0.148 e. The molecule has 0 aliphatic heterocycles. The predicted octanol–water partition coefficient (Wildman–Crippen LogP) is 2.84. The second kappa shape index (κ2) is 5.15. The smallest absolute Gasteiger partial charge is 0.148 e. The van der Waals surface area contributed by atoms with E-state index in [1.807, 2.05) is 6.07 Å². The number of nitriles is 1. The van der Waals surface area contributed by atoms with E-state index in [0.29, 0.717) is 17.1 Å². The zero-order valence-electron chi connectivity index (χ0n) is 9.64. The first-order chi connectivity index (χ1) is 8.74. The van der Waals surface area contributed by atoms with Crippen LogP contribution in [0.2, 0.25) is 0 Å². The topological polar surface area (TPSA) is 57.9 Å². The van der Waals surface area contributed by atoms with E-state index in [-0.39, 0.29) is 5.69 Å². The molecule has 1 aromatic heterocycles. The minimum Gasteiger partial charge on any atom is -0.497 e. The molecule has 0 aliphatic carbocycles. The molecule has 1 heterocycles. The number of halogens is 1. The Kier molecular flexibility index (Phi) is 3.39. The van der Waals surface area contributed by atoms with Crippen molar-refractivity contribution in [3.8, 4) is 11.8 Å². The number of benzene rings is 1. The quantitative estimate of drug-likeness (QED) is 0.900. The van der Waals surface area contributed by atoms with Gasteiger partial charge in [-0.2, -0.15) is 5.26 Å². The van der Waals surface area contributed by atoms with E-state index in [1.165, 1.54) is 31.5 Å². The van der Waals surface area contributed by atoms with Crippen LogP contribution in [-0.4, -0.2) is 12.1 Å². The Morgan fingerprint density at radius 2 is 2.22 bits per heavy atom. The lowest BCUT2D eigenvalue weighted by molar-refractivity contribution is 0.414.